The zero-order valence-electron chi connectivity index (χ0n) is 8.91. The van der Waals surface area contributed by atoms with E-state index in [0.717, 1.165) is 0 Å². The highest BCUT2D eigenvalue weighted by molar-refractivity contribution is 5.20. The molecule has 16 heavy (non-hydrogen) atoms. The molecule has 1 aromatic carbocycles. The predicted octanol–water partition coefficient (Wildman–Crippen LogP) is 0.208. The molecular formula is C11H16O5. The Morgan fingerprint density at radius 3 is 2.44 bits per heavy atom. The van der Waals surface area contributed by atoms with Gasteiger partial charge in [0, 0.05) is 0 Å². The van der Waals surface area contributed by atoms with Gasteiger partial charge in [0.2, 0.25) is 6.29 Å². The van der Waals surface area contributed by atoms with Gasteiger partial charge in [0.25, 0.3) is 0 Å². The van der Waals surface area contributed by atoms with Crippen molar-refractivity contribution in [2.24, 2.45) is 0 Å². The summed E-state index contributed by atoms with van der Waals surface area (Å²) in [5.74, 6) is 0.590. The minimum Gasteiger partial charge on any atom is -0.463 e. The highest BCUT2D eigenvalue weighted by Gasteiger charge is 2.04. The summed E-state index contributed by atoms with van der Waals surface area (Å²) in [4.78, 5) is 8.00. The second-order valence-electron chi connectivity index (χ2n) is 2.68. The fourth-order valence-electron chi connectivity index (χ4n) is 0.939. The number of carbonyl (C=O) groups excluding carboxylic acids is 1. The fraction of sp³-hybridized carbons (Fsp3) is 0.364. The fourth-order valence-corrected chi connectivity index (χ4v) is 0.939. The standard InChI is InChI=1S/C10H14O4.CH2O/c11-6-7-13-8-10(12)14-9-4-2-1-3-5-9;1-2/h1-5,10-12H,6-8H2;1H2. The summed E-state index contributed by atoms with van der Waals surface area (Å²) in [7, 11) is 0. The van der Waals surface area contributed by atoms with Crippen LogP contribution in [0.15, 0.2) is 30.3 Å². The van der Waals surface area contributed by atoms with Gasteiger partial charge in [-0.1, -0.05) is 18.2 Å². The lowest BCUT2D eigenvalue weighted by Crippen LogP contribution is -2.23. The Balaban J connectivity index is 0.00000106. The van der Waals surface area contributed by atoms with E-state index in [-0.39, 0.29) is 19.8 Å². The van der Waals surface area contributed by atoms with Gasteiger partial charge in [0.15, 0.2) is 0 Å². The second-order valence-corrected chi connectivity index (χ2v) is 2.68. The maximum atomic E-state index is 9.30. The summed E-state index contributed by atoms with van der Waals surface area (Å²) in [5.41, 5.74) is 0. The Bertz CT molecular complexity index is 252. The molecule has 0 radical (unpaired) electrons. The van der Waals surface area contributed by atoms with Gasteiger partial charge in [-0.05, 0) is 12.1 Å². The van der Waals surface area contributed by atoms with Crippen molar-refractivity contribution < 1.29 is 24.5 Å². The lowest BCUT2D eigenvalue weighted by Gasteiger charge is -2.12. The molecule has 1 rings (SSSR count). The Labute approximate surface area is 94.2 Å². The first-order valence-corrected chi connectivity index (χ1v) is 4.70. The molecule has 0 aromatic heterocycles. The lowest BCUT2D eigenvalue weighted by atomic mass is 10.3. The van der Waals surface area contributed by atoms with Crippen LogP contribution in [-0.4, -0.2) is 43.1 Å². The van der Waals surface area contributed by atoms with Gasteiger partial charge in [0.05, 0.1) is 13.2 Å². The van der Waals surface area contributed by atoms with E-state index in [1.165, 1.54) is 0 Å². The maximum Gasteiger partial charge on any atom is 0.221 e. The van der Waals surface area contributed by atoms with E-state index in [4.69, 9.17) is 19.4 Å². The Morgan fingerprint density at radius 1 is 1.25 bits per heavy atom. The van der Waals surface area contributed by atoms with Crippen LogP contribution in [0.3, 0.4) is 0 Å². The van der Waals surface area contributed by atoms with Crippen LogP contribution in [0.25, 0.3) is 0 Å². The molecule has 0 heterocycles. The van der Waals surface area contributed by atoms with Crippen molar-refractivity contribution in [3.05, 3.63) is 30.3 Å². The number of para-hydroxylation sites is 1. The Hall–Kier alpha value is -1.43. The first kappa shape index (κ1) is 14.6. The van der Waals surface area contributed by atoms with E-state index in [1.807, 2.05) is 25.0 Å². The highest BCUT2D eigenvalue weighted by Crippen LogP contribution is 2.09. The van der Waals surface area contributed by atoms with E-state index in [1.54, 1.807) is 12.1 Å². The summed E-state index contributed by atoms with van der Waals surface area (Å²) in [6.07, 6.45) is -0.996. The molecule has 5 nitrogen and oxygen atoms in total. The van der Waals surface area contributed by atoms with Crippen molar-refractivity contribution in [2.75, 3.05) is 19.8 Å². The minimum absolute atomic E-state index is 0.0510. The molecule has 2 N–H and O–H groups in total. The maximum absolute atomic E-state index is 9.30. The Morgan fingerprint density at radius 2 is 1.88 bits per heavy atom. The molecule has 0 amide bonds. The number of hydrogen-bond acceptors (Lipinski definition) is 5. The van der Waals surface area contributed by atoms with Crippen molar-refractivity contribution in [1.29, 1.82) is 0 Å². The SMILES string of the molecule is C=O.OCCOCC(O)Oc1ccccc1. The van der Waals surface area contributed by atoms with Crippen LogP contribution in [-0.2, 0) is 9.53 Å². The van der Waals surface area contributed by atoms with Gasteiger partial charge >= 0.3 is 0 Å². The topological polar surface area (TPSA) is 76.0 Å². The summed E-state index contributed by atoms with van der Waals surface area (Å²) in [6.45, 7) is 2.20. The predicted molar refractivity (Wildman–Crippen MR) is 58.1 cm³/mol. The number of ether oxygens (including phenoxy) is 2. The normalized spacial score (nSPS) is 11.1. The molecule has 1 aromatic rings. The lowest BCUT2D eigenvalue weighted by molar-refractivity contribution is -0.0980. The van der Waals surface area contributed by atoms with Crippen LogP contribution < -0.4 is 4.74 Å². The molecule has 0 spiro atoms. The van der Waals surface area contributed by atoms with Gasteiger partial charge < -0.3 is 24.5 Å². The van der Waals surface area contributed by atoms with E-state index in [2.05, 4.69) is 0 Å². The van der Waals surface area contributed by atoms with Gasteiger partial charge in [0.1, 0.15) is 19.1 Å². The minimum atomic E-state index is -0.996. The van der Waals surface area contributed by atoms with E-state index < -0.39 is 6.29 Å². The van der Waals surface area contributed by atoms with Crippen LogP contribution in [0.5, 0.6) is 5.75 Å². The molecule has 90 valence electrons. The number of carbonyl (C=O) groups is 1. The molecule has 0 aliphatic carbocycles. The molecular weight excluding hydrogens is 212 g/mol. The number of rotatable bonds is 6. The molecule has 0 saturated heterocycles. The first-order valence-electron chi connectivity index (χ1n) is 4.70. The first-order chi connectivity index (χ1) is 7.83. The van der Waals surface area contributed by atoms with Crippen LogP contribution in [0.4, 0.5) is 0 Å². The smallest absolute Gasteiger partial charge is 0.221 e. The third-order valence-corrected chi connectivity index (χ3v) is 1.51. The van der Waals surface area contributed by atoms with E-state index in [0.29, 0.717) is 5.75 Å². The Kier molecular flexibility index (Phi) is 9.20. The third-order valence-electron chi connectivity index (χ3n) is 1.51. The summed E-state index contributed by atoms with van der Waals surface area (Å²) >= 11 is 0. The van der Waals surface area contributed by atoms with Crippen LogP contribution >= 0.6 is 0 Å². The molecule has 1 unspecified atom stereocenters. The van der Waals surface area contributed by atoms with Gasteiger partial charge in [-0.3, -0.25) is 0 Å². The van der Waals surface area contributed by atoms with Crippen LogP contribution in [0, 0.1) is 0 Å². The molecule has 0 bridgehead atoms. The van der Waals surface area contributed by atoms with Crippen LogP contribution in [0.2, 0.25) is 0 Å². The highest BCUT2D eigenvalue weighted by atomic mass is 16.6. The molecule has 0 fully saturated rings. The monoisotopic (exact) mass is 228 g/mol. The molecule has 0 aliphatic rings. The van der Waals surface area contributed by atoms with E-state index >= 15 is 0 Å². The van der Waals surface area contributed by atoms with Crippen molar-refractivity contribution in [3.8, 4) is 5.75 Å². The van der Waals surface area contributed by atoms with Gasteiger partial charge in [-0.25, -0.2) is 0 Å². The zero-order valence-corrected chi connectivity index (χ0v) is 8.91. The average Bonchev–Trinajstić information content (AvgIpc) is 2.33. The zero-order chi connectivity index (χ0) is 12.2. The summed E-state index contributed by atoms with van der Waals surface area (Å²) in [5, 5.41) is 17.7. The number of aliphatic hydroxyl groups excluding tert-OH is 2. The molecule has 0 aliphatic heterocycles. The third kappa shape index (κ3) is 6.94. The van der Waals surface area contributed by atoms with Crippen molar-refractivity contribution in [2.45, 2.75) is 6.29 Å². The van der Waals surface area contributed by atoms with Crippen molar-refractivity contribution in [1.82, 2.24) is 0 Å². The van der Waals surface area contributed by atoms with Crippen LogP contribution in [0.1, 0.15) is 0 Å². The number of hydrogen-bond donors (Lipinski definition) is 2. The largest absolute Gasteiger partial charge is 0.463 e. The number of aliphatic hydroxyl groups is 2. The van der Waals surface area contributed by atoms with E-state index in [9.17, 15) is 5.11 Å². The van der Waals surface area contributed by atoms with Gasteiger partial charge in [-0.15, -0.1) is 0 Å². The summed E-state index contributed by atoms with van der Waals surface area (Å²) in [6, 6.07) is 8.99. The number of benzene rings is 1. The average molecular weight is 228 g/mol. The second kappa shape index (κ2) is 10.1. The molecule has 0 saturated carbocycles. The van der Waals surface area contributed by atoms with Crippen molar-refractivity contribution in [3.63, 3.8) is 0 Å². The summed E-state index contributed by atoms with van der Waals surface area (Å²) < 4.78 is 10.0. The molecule has 5 heteroatoms. The van der Waals surface area contributed by atoms with Crippen molar-refractivity contribution >= 4 is 6.79 Å². The molecule has 1 atom stereocenters. The quantitative estimate of drug-likeness (QED) is 0.537. The van der Waals surface area contributed by atoms with Gasteiger partial charge in [-0.2, -0.15) is 0 Å².